The van der Waals surface area contributed by atoms with E-state index < -0.39 is 0 Å². The molecule has 2 nitrogen and oxygen atoms in total. The number of ketones is 1. The number of rotatable bonds is 3. The maximum atomic E-state index is 10.7. The Morgan fingerprint density at radius 1 is 1.78 bits per heavy atom. The fraction of sp³-hybridized carbons (Fsp3) is 0.429. The van der Waals surface area contributed by atoms with Crippen molar-refractivity contribution in [2.45, 2.75) is 19.8 Å². The van der Waals surface area contributed by atoms with E-state index in [2.05, 4.69) is 6.58 Å². The number of hydrogen-bond acceptors (Lipinski definition) is 2. The molecular weight excluding hydrogens is 114 g/mol. The molecule has 0 bridgehead atoms. The average molecular weight is 123 g/mol. The monoisotopic (exact) mass is 123 g/mol. The zero-order valence-electron chi connectivity index (χ0n) is 5.48. The number of nitrogens with zero attached hydrogens (tertiary/aromatic N) is 1. The first-order valence-electron chi connectivity index (χ1n) is 2.84. The standard InChI is InChI=1S/C7H9NO/c1-3-4-7(9)6(2)5-8/h2-4H2,1H3. The lowest BCUT2D eigenvalue weighted by atomic mass is 10.1. The van der Waals surface area contributed by atoms with Crippen molar-refractivity contribution >= 4 is 5.78 Å². The van der Waals surface area contributed by atoms with Crippen LogP contribution in [0.25, 0.3) is 0 Å². The molecule has 0 heterocycles. The number of nitriles is 1. The summed E-state index contributed by atoms with van der Waals surface area (Å²) in [6.07, 6.45) is 1.21. The van der Waals surface area contributed by atoms with Gasteiger partial charge in [0.1, 0.15) is 6.07 Å². The average Bonchev–Trinajstić information content (AvgIpc) is 1.87. The van der Waals surface area contributed by atoms with Gasteiger partial charge in [-0.25, -0.2) is 0 Å². The molecule has 0 amide bonds. The Kier molecular flexibility index (Phi) is 3.38. The molecule has 0 atom stereocenters. The van der Waals surface area contributed by atoms with Crippen molar-refractivity contribution in [1.29, 1.82) is 5.26 Å². The van der Waals surface area contributed by atoms with E-state index in [1.807, 2.05) is 6.92 Å². The summed E-state index contributed by atoms with van der Waals surface area (Å²) in [6.45, 7) is 5.17. The van der Waals surface area contributed by atoms with E-state index >= 15 is 0 Å². The molecule has 0 saturated heterocycles. The Bertz CT molecular complexity index is 164. The lowest BCUT2D eigenvalue weighted by Crippen LogP contribution is -1.97. The third kappa shape index (κ3) is 2.65. The van der Waals surface area contributed by atoms with E-state index in [9.17, 15) is 4.79 Å². The topological polar surface area (TPSA) is 40.9 Å². The van der Waals surface area contributed by atoms with Gasteiger partial charge in [-0.2, -0.15) is 5.26 Å². The first-order chi connectivity index (χ1) is 4.22. The van der Waals surface area contributed by atoms with Crippen LogP contribution in [0.15, 0.2) is 12.2 Å². The summed E-state index contributed by atoms with van der Waals surface area (Å²) in [5.74, 6) is -0.139. The maximum absolute atomic E-state index is 10.7. The second-order valence-electron chi connectivity index (χ2n) is 1.76. The predicted molar refractivity (Wildman–Crippen MR) is 34.7 cm³/mol. The van der Waals surface area contributed by atoms with Gasteiger partial charge in [-0.15, -0.1) is 0 Å². The van der Waals surface area contributed by atoms with Crippen molar-refractivity contribution in [2.24, 2.45) is 0 Å². The van der Waals surface area contributed by atoms with Crippen LogP contribution < -0.4 is 0 Å². The smallest absolute Gasteiger partial charge is 0.172 e. The van der Waals surface area contributed by atoms with Gasteiger partial charge in [0, 0.05) is 6.42 Å². The van der Waals surface area contributed by atoms with Gasteiger partial charge in [0.05, 0.1) is 5.57 Å². The second kappa shape index (κ2) is 3.85. The van der Waals surface area contributed by atoms with Crippen LogP contribution >= 0.6 is 0 Å². The first-order valence-corrected chi connectivity index (χ1v) is 2.84. The molecule has 0 aliphatic carbocycles. The number of carbonyl (C=O) groups excluding carboxylic acids is 1. The van der Waals surface area contributed by atoms with Crippen molar-refractivity contribution in [3.05, 3.63) is 12.2 Å². The largest absolute Gasteiger partial charge is 0.293 e. The van der Waals surface area contributed by atoms with E-state index in [0.717, 1.165) is 6.42 Å². The summed E-state index contributed by atoms with van der Waals surface area (Å²) >= 11 is 0. The van der Waals surface area contributed by atoms with Crippen molar-refractivity contribution in [3.8, 4) is 6.07 Å². The molecule has 0 aromatic heterocycles. The van der Waals surface area contributed by atoms with E-state index in [1.165, 1.54) is 0 Å². The number of hydrogen-bond donors (Lipinski definition) is 0. The molecule has 2 heteroatoms. The van der Waals surface area contributed by atoms with E-state index in [4.69, 9.17) is 5.26 Å². The molecule has 0 fully saturated rings. The van der Waals surface area contributed by atoms with Crippen molar-refractivity contribution in [3.63, 3.8) is 0 Å². The molecule has 0 unspecified atom stereocenters. The summed E-state index contributed by atoms with van der Waals surface area (Å²) in [4.78, 5) is 10.7. The minimum absolute atomic E-state index is 0.0665. The first kappa shape index (κ1) is 7.90. The van der Waals surface area contributed by atoms with Gasteiger partial charge >= 0.3 is 0 Å². The molecule has 48 valence electrons. The molecular formula is C7H9NO. The molecule has 0 aromatic rings. The van der Waals surface area contributed by atoms with Crippen LogP contribution in [0.2, 0.25) is 0 Å². The van der Waals surface area contributed by atoms with Crippen molar-refractivity contribution in [2.75, 3.05) is 0 Å². The lowest BCUT2D eigenvalue weighted by Gasteiger charge is -1.89. The highest BCUT2D eigenvalue weighted by Gasteiger charge is 2.02. The van der Waals surface area contributed by atoms with Gasteiger partial charge in [0.2, 0.25) is 0 Å². The van der Waals surface area contributed by atoms with Crippen molar-refractivity contribution in [1.82, 2.24) is 0 Å². The van der Waals surface area contributed by atoms with Gasteiger partial charge in [-0.1, -0.05) is 13.5 Å². The van der Waals surface area contributed by atoms with Crippen LogP contribution in [0.5, 0.6) is 0 Å². The minimum Gasteiger partial charge on any atom is -0.293 e. The van der Waals surface area contributed by atoms with E-state index in [1.54, 1.807) is 6.07 Å². The molecule has 0 rings (SSSR count). The molecule has 0 radical (unpaired) electrons. The molecule has 0 saturated carbocycles. The highest BCUT2D eigenvalue weighted by molar-refractivity contribution is 5.98. The third-order valence-electron chi connectivity index (χ3n) is 0.949. The third-order valence-corrected chi connectivity index (χ3v) is 0.949. The Morgan fingerprint density at radius 3 is 2.67 bits per heavy atom. The van der Waals surface area contributed by atoms with Gasteiger partial charge in [0.25, 0.3) is 0 Å². The van der Waals surface area contributed by atoms with Gasteiger partial charge in [0.15, 0.2) is 5.78 Å². The number of carbonyl (C=O) groups is 1. The lowest BCUT2D eigenvalue weighted by molar-refractivity contribution is -0.115. The number of Topliss-reactive ketones (excluding diaryl/α,β-unsaturated/α-hetero) is 1. The predicted octanol–water partition coefficient (Wildman–Crippen LogP) is 1.44. The molecule has 0 spiro atoms. The summed E-state index contributed by atoms with van der Waals surface area (Å²) < 4.78 is 0. The Morgan fingerprint density at radius 2 is 2.33 bits per heavy atom. The highest BCUT2D eigenvalue weighted by Crippen LogP contribution is 1.97. The summed E-state index contributed by atoms with van der Waals surface area (Å²) in [7, 11) is 0. The zero-order chi connectivity index (χ0) is 7.28. The molecule has 0 N–H and O–H groups in total. The second-order valence-corrected chi connectivity index (χ2v) is 1.76. The van der Waals surface area contributed by atoms with E-state index in [-0.39, 0.29) is 11.4 Å². The van der Waals surface area contributed by atoms with Gasteiger partial charge in [-0.3, -0.25) is 4.79 Å². The SMILES string of the molecule is C=C(C#N)C(=O)CCC. The van der Waals surface area contributed by atoms with Crippen LogP contribution in [0.1, 0.15) is 19.8 Å². The number of allylic oxidation sites excluding steroid dienone is 1. The van der Waals surface area contributed by atoms with Crippen LogP contribution in [-0.4, -0.2) is 5.78 Å². The fourth-order valence-electron chi connectivity index (χ4n) is 0.440. The molecule has 0 aliphatic rings. The Labute approximate surface area is 54.8 Å². The Balaban J connectivity index is 3.78. The Hall–Kier alpha value is -1.10. The van der Waals surface area contributed by atoms with Crippen molar-refractivity contribution < 1.29 is 4.79 Å². The quantitative estimate of drug-likeness (QED) is 0.420. The summed E-state index contributed by atoms with van der Waals surface area (Å²) in [6, 6.07) is 1.71. The van der Waals surface area contributed by atoms with Crippen LogP contribution in [-0.2, 0) is 4.79 Å². The molecule has 9 heavy (non-hydrogen) atoms. The van der Waals surface area contributed by atoms with E-state index in [0.29, 0.717) is 6.42 Å². The normalized spacial score (nSPS) is 8.00. The molecule has 0 aliphatic heterocycles. The molecule has 0 aromatic carbocycles. The van der Waals surface area contributed by atoms with Crippen LogP contribution in [0.3, 0.4) is 0 Å². The van der Waals surface area contributed by atoms with Crippen LogP contribution in [0.4, 0.5) is 0 Å². The zero-order valence-corrected chi connectivity index (χ0v) is 5.48. The van der Waals surface area contributed by atoms with Crippen LogP contribution in [0, 0.1) is 11.3 Å². The van der Waals surface area contributed by atoms with Gasteiger partial charge < -0.3 is 0 Å². The maximum Gasteiger partial charge on any atom is 0.172 e. The summed E-state index contributed by atoms with van der Waals surface area (Å²) in [5.41, 5.74) is 0.0665. The highest BCUT2D eigenvalue weighted by atomic mass is 16.1. The summed E-state index contributed by atoms with van der Waals surface area (Å²) in [5, 5.41) is 8.16. The van der Waals surface area contributed by atoms with Gasteiger partial charge in [-0.05, 0) is 6.42 Å². The fourth-order valence-corrected chi connectivity index (χ4v) is 0.440. The minimum atomic E-state index is -0.139.